The molecule has 2 nitrogen and oxygen atoms in total. The molecule has 0 saturated carbocycles. The fourth-order valence-electron chi connectivity index (χ4n) is 2.77. The van der Waals surface area contributed by atoms with Crippen LogP contribution in [0.15, 0.2) is 36.4 Å². The molecule has 29 heavy (non-hydrogen) atoms. The first-order chi connectivity index (χ1) is 13.9. The van der Waals surface area contributed by atoms with E-state index in [1.807, 2.05) is 19.1 Å². The third-order valence-electron chi connectivity index (χ3n) is 4.29. The highest BCUT2D eigenvalue weighted by atomic mass is 19.2. The standard InChI is InChI=1S/C22H23F5O2/c1-3-5-6-7-14-8-10-18(21(26)19(14)24)29-13-12-16(23)15-9-11-17(28-4-2)22(27)20(15)25/h3,5,8-11,16H,4,6-7,12-13H2,1-2H3/b5-3+. The number of alkyl halides is 1. The lowest BCUT2D eigenvalue weighted by Crippen LogP contribution is -2.08. The van der Waals surface area contributed by atoms with Gasteiger partial charge in [0.15, 0.2) is 23.1 Å². The number of allylic oxidation sites excluding steroid dienone is 2. The molecule has 7 heteroatoms. The molecule has 0 N–H and O–H groups in total. The maximum atomic E-state index is 14.3. The highest BCUT2D eigenvalue weighted by molar-refractivity contribution is 5.33. The van der Waals surface area contributed by atoms with Gasteiger partial charge in [-0.1, -0.05) is 18.2 Å². The Hall–Kier alpha value is -2.57. The molecule has 2 aromatic carbocycles. The zero-order chi connectivity index (χ0) is 21.4. The highest BCUT2D eigenvalue weighted by Crippen LogP contribution is 2.31. The highest BCUT2D eigenvalue weighted by Gasteiger charge is 2.21. The van der Waals surface area contributed by atoms with Crippen LogP contribution in [0.2, 0.25) is 0 Å². The normalized spacial score (nSPS) is 12.4. The van der Waals surface area contributed by atoms with E-state index in [-0.39, 0.29) is 36.7 Å². The molecule has 1 unspecified atom stereocenters. The summed E-state index contributed by atoms with van der Waals surface area (Å²) in [5, 5.41) is 0. The quantitative estimate of drug-likeness (QED) is 0.321. The molecule has 0 aliphatic carbocycles. The van der Waals surface area contributed by atoms with E-state index in [1.165, 1.54) is 12.1 Å². The van der Waals surface area contributed by atoms with E-state index in [0.717, 1.165) is 12.1 Å². The SMILES string of the molecule is C/C=C/CCc1ccc(OCCC(F)c2ccc(OCC)c(F)c2F)c(F)c1F. The minimum Gasteiger partial charge on any atom is -0.491 e. The van der Waals surface area contributed by atoms with Crippen molar-refractivity contribution >= 4 is 0 Å². The Morgan fingerprint density at radius 3 is 2.24 bits per heavy atom. The molecule has 0 saturated heterocycles. The topological polar surface area (TPSA) is 18.5 Å². The van der Waals surface area contributed by atoms with E-state index in [0.29, 0.717) is 12.8 Å². The molecule has 0 aliphatic rings. The first kappa shape index (κ1) is 22.7. The van der Waals surface area contributed by atoms with Crippen LogP contribution in [-0.2, 0) is 6.42 Å². The van der Waals surface area contributed by atoms with Gasteiger partial charge in [-0.05, 0) is 50.5 Å². The van der Waals surface area contributed by atoms with Crippen LogP contribution >= 0.6 is 0 Å². The van der Waals surface area contributed by atoms with Crippen molar-refractivity contribution in [3.05, 3.63) is 70.8 Å². The minimum absolute atomic E-state index is 0.138. The molecular formula is C22H23F5O2. The first-order valence-electron chi connectivity index (χ1n) is 9.36. The molecule has 2 rings (SSSR count). The summed E-state index contributed by atoms with van der Waals surface area (Å²) >= 11 is 0. The largest absolute Gasteiger partial charge is 0.491 e. The Morgan fingerprint density at radius 2 is 1.55 bits per heavy atom. The molecular weight excluding hydrogens is 391 g/mol. The van der Waals surface area contributed by atoms with Gasteiger partial charge in [-0.25, -0.2) is 13.2 Å². The minimum atomic E-state index is -1.88. The third-order valence-corrected chi connectivity index (χ3v) is 4.29. The third kappa shape index (κ3) is 5.71. The van der Waals surface area contributed by atoms with Gasteiger partial charge in [-0.3, -0.25) is 0 Å². The Kier molecular flexibility index (Phi) is 8.49. The molecule has 0 radical (unpaired) electrons. The fraction of sp³-hybridized carbons (Fsp3) is 0.364. The zero-order valence-corrected chi connectivity index (χ0v) is 16.3. The van der Waals surface area contributed by atoms with Crippen molar-refractivity contribution in [1.82, 2.24) is 0 Å². The maximum Gasteiger partial charge on any atom is 0.200 e. The number of ether oxygens (including phenoxy) is 2. The van der Waals surface area contributed by atoms with Crippen LogP contribution in [-0.4, -0.2) is 13.2 Å². The van der Waals surface area contributed by atoms with Gasteiger partial charge in [0, 0.05) is 12.0 Å². The number of halogens is 5. The predicted molar refractivity (Wildman–Crippen MR) is 101 cm³/mol. The number of benzene rings is 2. The van der Waals surface area contributed by atoms with E-state index in [2.05, 4.69) is 0 Å². The van der Waals surface area contributed by atoms with E-state index in [1.54, 1.807) is 6.92 Å². The molecule has 0 bridgehead atoms. The Balaban J connectivity index is 1.99. The second kappa shape index (κ2) is 10.8. The van der Waals surface area contributed by atoms with Crippen molar-refractivity contribution in [2.75, 3.05) is 13.2 Å². The second-order valence-electron chi connectivity index (χ2n) is 6.28. The lowest BCUT2D eigenvalue weighted by atomic mass is 10.1. The van der Waals surface area contributed by atoms with Crippen molar-refractivity contribution in [2.45, 2.75) is 39.3 Å². The fourth-order valence-corrected chi connectivity index (χ4v) is 2.77. The number of aryl methyl sites for hydroxylation is 1. The Bertz CT molecular complexity index is 852. The zero-order valence-electron chi connectivity index (χ0n) is 16.3. The van der Waals surface area contributed by atoms with Crippen molar-refractivity contribution < 1.29 is 31.4 Å². The summed E-state index contributed by atoms with van der Waals surface area (Å²) in [7, 11) is 0. The number of hydrogen-bond donors (Lipinski definition) is 0. The van der Waals surface area contributed by atoms with Crippen LogP contribution in [0.1, 0.15) is 44.0 Å². The summed E-state index contributed by atoms with van der Waals surface area (Å²) in [6.45, 7) is 3.24. The van der Waals surface area contributed by atoms with Gasteiger partial charge in [0.2, 0.25) is 11.6 Å². The Labute approximate surface area is 167 Å². The summed E-state index contributed by atoms with van der Waals surface area (Å²) < 4.78 is 80.4. The van der Waals surface area contributed by atoms with Gasteiger partial charge in [0.1, 0.15) is 6.17 Å². The summed E-state index contributed by atoms with van der Waals surface area (Å²) in [4.78, 5) is 0. The maximum absolute atomic E-state index is 14.3. The lowest BCUT2D eigenvalue weighted by Gasteiger charge is -2.14. The average Bonchev–Trinajstić information content (AvgIpc) is 2.70. The Morgan fingerprint density at radius 1 is 0.897 bits per heavy atom. The molecule has 0 heterocycles. The molecule has 2 aromatic rings. The van der Waals surface area contributed by atoms with Gasteiger partial charge in [-0.15, -0.1) is 0 Å². The monoisotopic (exact) mass is 414 g/mol. The summed E-state index contributed by atoms with van der Waals surface area (Å²) in [5.74, 6) is -5.44. The van der Waals surface area contributed by atoms with Crippen molar-refractivity contribution in [2.24, 2.45) is 0 Å². The van der Waals surface area contributed by atoms with Crippen LogP contribution in [0.25, 0.3) is 0 Å². The predicted octanol–water partition coefficient (Wildman–Crippen LogP) is 6.63. The van der Waals surface area contributed by atoms with Gasteiger partial charge in [0.25, 0.3) is 0 Å². The van der Waals surface area contributed by atoms with Gasteiger partial charge >= 0.3 is 0 Å². The molecule has 0 amide bonds. The molecule has 0 aromatic heterocycles. The van der Waals surface area contributed by atoms with Crippen molar-refractivity contribution in [1.29, 1.82) is 0 Å². The van der Waals surface area contributed by atoms with E-state index < -0.39 is 35.0 Å². The number of hydrogen-bond acceptors (Lipinski definition) is 2. The van der Waals surface area contributed by atoms with E-state index >= 15 is 0 Å². The van der Waals surface area contributed by atoms with Crippen molar-refractivity contribution in [3.8, 4) is 11.5 Å². The molecule has 0 aliphatic heterocycles. The molecule has 0 spiro atoms. The molecule has 1 atom stereocenters. The van der Waals surface area contributed by atoms with Crippen LogP contribution in [0, 0.1) is 23.3 Å². The van der Waals surface area contributed by atoms with Crippen LogP contribution < -0.4 is 9.47 Å². The van der Waals surface area contributed by atoms with Crippen LogP contribution in [0.5, 0.6) is 11.5 Å². The molecule has 158 valence electrons. The molecule has 0 fully saturated rings. The van der Waals surface area contributed by atoms with E-state index in [9.17, 15) is 22.0 Å². The average molecular weight is 414 g/mol. The van der Waals surface area contributed by atoms with Crippen molar-refractivity contribution in [3.63, 3.8) is 0 Å². The number of rotatable bonds is 10. The second-order valence-corrected chi connectivity index (χ2v) is 6.28. The first-order valence-corrected chi connectivity index (χ1v) is 9.36. The van der Waals surface area contributed by atoms with Crippen LogP contribution in [0.3, 0.4) is 0 Å². The smallest absolute Gasteiger partial charge is 0.200 e. The summed E-state index contributed by atoms with van der Waals surface area (Å²) in [5.41, 5.74) is -0.274. The van der Waals surface area contributed by atoms with Gasteiger partial charge < -0.3 is 9.47 Å². The van der Waals surface area contributed by atoms with E-state index in [4.69, 9.17) is 9.47 Å². The van der Waals surface area contributed by atoms with Gasteiger partial charge in [0.05, 0.1) is 13.2 Å². The summed E-state index contributed by atoms with van der Waals surface area (Å²) in [6.07, 6.45) is 2.32. The summed E-state index contributed by atoms with van der Waals surface area (Å²) in [6, 6.07) is 4.92. The van der Waals surface area contributed by atoms with Gasteiger partial charge in [-0.2, -0.15) is 8.78 Å². The van der Waals surface area contributed by atoms with Crippen LogP contribution in [0.4, 0.5) is 22.0 Å². The lowest BCUT2D eigenvalue weighted by molar-refractivity contribution is 0.224.